The minimum atomic E-state index is -0.448. The number of nitrogens with one attached hydrogen (secondary N) is 2. The molecule has 0 unspecified atom stereocenters. The van der Waals surface area contributed by atoms with Gasteiger partial charge in [-0.15, -0.1) is 0 Å². The maximum absolute atomic E-state index is 12.2. The average Bonchev–Trinajstić information content (AvgIpc) is 3.15. The largest absolute Gasteiger partial charge is 0.465 e. The van der Waals surface area contributed by atoms with Crippen LogP contribution in [0.15, 0.2) is 36.7 Å². The highest BCUT2D eigenvalue weighted by Gasteiger charge is 2.18. The summed E-state index contributed by atoms with van der Waals surface area (Å²) in [6, 6.07) is 7.16. The Morgan fingerprint density at radius 1 is 1.12 bits per heavy atom. The van der Waals surface area contributed by atoms with Crippen molar-refractivity contribution in [1.29, 1.82) is 0 Å². The number of carbonyl (C=O) groups is 2. The number of para-hydroxylation sites is 1. The molecule has 25 heavy (non-hydrogen) atoms. The van der Waals surface area contributed by atoms with Crippen molar-refractivity contribution in [2.75, 3.05) is 12.4 Å². The summed E-state index contributed by atoms with van der Waals surface area (Å²) >= 11 is 0. The molecule has 0 aliphatic heterocycles. The molecule has 7 nitrogen and oxygen atoms in total. The molecule has 1 fully saturated rings. The SMILES string of the molecule is COC(=O)c1ccccc1Nc1ncc(C(=O)NC2CCCC2)cn1. The van der Waals surface area contributed by atoms with Crippen molar-refractivity contribution in [3.05, 3.63) is 47.8 Å². The lowest BCUT2D eigenvalue weighted by Crippen LogP contribution is -2.32. The summed E-state index contributed by atoms with van der Waals surface area (Å²) in [6.45, 7) is 0. The van der Waals surface area contributed by atoms with Crippen LogP contribution in [-0.2, 0) is 4.74 Å². The smallest absolute Gasteiger partial charge is 0.339 e. The quantitative estimate of drug-likeness (QED) is 0.813. The number of hydrogen-bond acceptors (Lipinski definition) is 6. The van der Waals surface area contributed by atoms with E-state index >= 15 is 0 Å². The molecule has 1 aliphatic carbocycles. The molecule has 0 saturated heterocycles. The number of methoxy groups -OCH3 is 1. The number of rotatable bonds is 5. The second kappa shape index (κ2) is 7.74. The highest BCUT2D eigenvalue weighted by atomic mass is 16.5. The van der Waals surface area contributed by atoms with Gasteiger partial charge in [-0.1, -0.05) is 25.0 Å². The first kappa shape index (κ1) is 16.9. The van der Waals surface area contributed by atoms with E-state index in [1.165, 1.54) is 19.5 Å². The number of amides is 1. The molecule has 0 radical (unpaired) electrons. The highest BCUT2D eigenvalue weighted by Crippen LogP contribution is 2.20. The molecule has 1 amide bonds. The summed E-state index contributed by atoms with van der Waals surface area (Å²) in [4.78, 5) is 32.3. The van der Waals surface area contributed by atoms with Gasteiger partial charge >= 0.3 is 5.97 Å². The van der Waals surface area contributed by atoms with Crippen LogP contribution in [0.3, 0.4) is 0 Å². The fraction of sp³-hybridized carbons (Fsp3) is 0.333. The lowest BCUT2D eigenvalue weighted by molar-refractivity contribution is 0.0601. The number of nitrogens with zero attached hydrogens (tertiary/aromatic N) is 2. The van der Waals surface area contributed by atoms with Gasteiger partial charge in [-0.05, 0) is 25.0 Å². The van der Waals surface area contributed by atoms with Gasteiger partial charge in [0.2, 0.25) is 5.95 Å². The average molecular weight is 340 g/mol. The standard InChI is InChI=1S/C18H20N4O3/c1-25-17(24)14-8-4-5-9-15(14)22-18-19-10-12(11-20-18)16(23)21-13-6-2-3-7-13/h4-5,8-11,13H,2-3,6-7H2,1H3,(H,21,23)(H,19,20,22). The molecule has 1 aromatic carbocycles. The Labute approximate surface area is 145 Å². The van der Waals surface area contributed by atoms with Gasteiger partial charge in [-0.2, -0.15) is 0 Å². The topological polar surface area (TPSA) is 93.2 Å². The Hall–Kier alpha value is -2.96. The fourth-order valence-corrected chi connectivity index (χ4v) is 2.85. The van der Waals surface area contributed by atoms with E-state index in [-0.39, 0.29) is 11.9 Å². The van der Waals surface area contributed by atoms with E-state index in [9.17, 15) is 9.59 Å². The van der Waals surface area contributed by atoms with E-state index in [0.29, 0.717) is 22.8 Å². The van der Waals surface area contributed by atoms with E-state index in [1.807, 2.05) is 0 Å². The Bertz CT molecular complexity index is 755. The van der Waals surface area contributed by atoms with E-state index in [1.54, 1.807) is 24.3 Å². The summed E-state index contributed by atoms with van der Waals surface area (Å²) in [6.07, 6.45) is 7.31. The van der Waals surface area contributed by atoms with Gasteiger partial charge in [0.1, 0.15) is 0 Å². The van der Waals surface area contributed by atoms with E-state index < -0.39 is 5.97 Å². The van der Waals surface area contributed by atoms with Crippen LogP contribution in [0.25, 0.3) is 0 Å². The molecule has 130 valence electrons. The second-order valence-electron chi connectivity index (χ2n) is 5.91. The van der Waals surface area contributed by atoms with E-state index in [0.717, 1.165) is 25.7 Å². The molecule has 7 heteroatoms. The zero-order valence-electron chi connectivity index (χ0n) is 14.0. The molecule has 0 spiro atoms. The van der Waals surface area contributed by atoms with Crippen molar-refractivity contribution < 1.29 is 14.3 Å². The minimum Gasteiger partial charge on any atom is -0.465 e. The van der Waals surface area contributed by atoms with E-state index in [2.05, 4.69) is 20.6 Å². The van der Waals surface area contributed by atoms with Crippen LogP contribution in [0, 0.1) is 0 Å². The zero-order valence-corrected chi connectivity index (χ0v) is 14.0. The maximum Gasteiger partial charge on any atom is 0.339 e. The monoisotopic (exact) mass is 340 g/mol. The van der Waals surface area contributed by atoms with Gasteiger partial charge < -0.3 is 15.4 Å². The molecule has 2 N–H and O–H groups in total. The third kappa shape index (κ3) is 4.12. The summed E-state index contributed by atoms with van der Waals surface area (Å²) in [5, 5.41) is 5.97. The molecule has 1 heterocycles. The van der Waals surface area contributed by atoms with Crippen LogP contribution < -0.4 is 10.6 Å². The number of aromatic nitrogens is 2. The Kier molecular flexibility index (Phi) is 5.23. The van der Waals surface area contributed by atoms with Crippen LogP contribution in [0.2, 0.25) is 0 Å². The first-order chi connectivity index (χ1) is 12.2. The Morgan fingerprint density at radius 3 is 2.48 bits per heavy atom. The summed E-state index contributed by atoms with van der Waals surface area (Å²) < 4.78 is 4.76. The minimum absolute atomic E-state index is 0.159. The van der Waals surface area contributed by atoms with Crippen molar-refractivity contribution in [1.82, 2.24) is 15.3 Å². The number of benzene rings is 1. The molecule has 1 saturated carbocycles. The van der Waals surface area contributed by atoms with Gasteiger partial charge in [0.25, 0.3) is 5.91 Å². The molecular formula is C18H20N4O3. The van der Waals surface area contributed by atoms with Crippen LogP contribution in [-0.4, -0.2) is 35.0 Å². The number of hydrogen-bond donors (Lipinski definition) is 2. The molecule has 3 rings (SSSR count). The van der Waals surface area contributed by atoms with Crippen molar-refractivity contribution in [3.8, 4) is 0 Å². The molecule has 1 aliphatic rings. The molecule has 0 bridgehead atoms. The normalized spacial score (nSPS) is 14.1. The van der Waals surface area contributed by atoms with Gasteiger partial charge in [0.05, 0.1) is 23.9 Å². The Balaban J connectivity index is 1.69. The second-order valence-corrected chi connectivity index (χ2v) is 5.91. The summed E-state index contributed by atoms with van der Waals surface area (Å²) in [5.41, 5.74) is 1.34. The van der Waals surface area contributed by atoms with Gasteiger partial charge in [-0.3, -0.25) is 4.79 Å². The predicted octanol–water partition coefficient (Wildman–Crippen LogP) is 2.68. The van der Waals surface area contributed by atoms with Crippen LogP contribution in [0.4, 0.5) is 11.6 Å². The number of ether oxygens (including phenoxy) is 1. The number of esters is 1. The molecule has 2 aromatic rings. The lowest BCUT2D eigenvalue weighted by atomic mass is 10.2. The zero-order chi connectivity index (χ0) is 17.6. The lowest BCUT2D eigenvalue weighted by Gasteiger charge is -2.12. The first-order valence-electron chi connectivity index (χ1n) is 8.24. The molecule has 0 atom stereocenters. The van der Waals surface area contributed by atoms with Gasteiger partial charge in [-0.25, -0.2) is 14.8 Å². The van der Waals surface area contributed by atoms with Gasteiger partial charge in [0, 0.05) is 18.4 Å². The number of carbonyl (C=O) groups excluding carboxylic acids is 2. The number of anilines is 2. The first-order valence-corrected chi connectivity index (χ1v) is 8.24. The van der Waals surface area contributed by atoms with Crippen molar-refractivity contribution in [3.63, 3.8) is 0 Å². The van der Waals surface area contributed by atoms with Gasteiger partial charge in [0.15, 0.2) is 0 Å². The van der Waals surface area contributed by atoms with Crippen LogP contribution in [0.5, 0.6) is 0 Å². The van der Waals surface area contributed by atoms with Crippen molar-refractivity contribution in [2.24, 2.45) is 0 Å². The summed E-state index contributed by atoms with van der Waals surface area (Å²) in [5.74, 6) is -0.308. The molecular weight excluding hydrogens is 320 g/mol. The van der Waals surface area contributed by atoms with Crippen LogP contribution in [0.1, 0.15) is 46.4 Å². The van der Waals surface area contributed by atoms with Crippen molar-refractivity contribution >= 4 is 23.5 Å². The Morgan fingerprint density at radius 2 is 1.80 bits per heavy atom. The molecule has 1 aromatic heterocycles. The highest BCUT2D eigenvalue weighted by molar-refractivity contribution is 5.96. The fourth-order valence-electron chi connectivity index (χ4n) is 2.85. The summed E-state index contributed by atoms with van der Waals surface area (Å²) in [7, 11) is 1.33. The maximum atomic E-state index is 12.2. The van der Waals surface area contributed by atoms with Crippen molar-refractivity contribution in [2.45, 2.75) is 31.7 Å². The third-order valence-electron chi connectivity index (χ3n) is 4.18. The van der Waals surface area contributed by atoms with E-state index in [4.69, 9.17) is 4.74 Å². The predicted molar refractivity (Wildman–Crippen MR) is 92.8 cm³/mol. The third-order valence-corrected chi connectivity index (χ3v) is 4.18. The van der Waals surface area contributed by atoms with Crippen LogP contribution >= 0.6 is 0 Å².